The van der Waals surface area contributed by atoms with E-state index in [9.17, 15) is 22.8 Å². The molecule has 6 nitrogen and oxygen atoms in total. The van der Waals surface area contributed by atoms with Crippen LogP contribution in [0.1, 0.15) is 17.3 Å². The third kappa shape index (κ3) is 5.39. The average molecular weight is 459 g/mol. The van der Waals surface area contributed by atoms with E-state index < -0.39 is 24.0 Å². The fourth-order valence-electron chi connectivity index (χ4n) is 2.60. The quantitative estimate of drug-likeness (QED) is 0.526. The highest BCUT2D eigenvalue weighted by molar-refractivity contribution is 7.16. The van der Waals surface area contributed by atoms with Gasteiger partial charge < -0.3 is 14.0 Å². The zero-order valence-corrected chi connectivity index (χ0v) is 17.0. The van der Waals surface area contributed by atoms with Crippen molar-refractivity contribution in [3.8, 4) is 5.75 Å². The minimum atomic E-state index is -4.85. The lowest BCUT2D eigenvalue weighted by Crippen LogP contribution is -2.23. The van der Waals surface area contributed by atoms with Gasteiger partial charge in [-0.25, -0.2) is 0 Å². The first-order chi connectivity index (χ1) is 14.2. The van der Waals surface area contributed by atoms with Crippen molar-refractivity contribution in [1.29, 1.82) is 0 Å². The van der Waals surface area contributed by atoms with Gasteiger partial charge in [-0.2, -0.15) is 4.99 Å². The molecule has 0 spiro atoms. The number of esters is 1. The third-order valence-corrected chi connectivity index (χ3v) is 5.03. The van der Waals surface area contributed by atoms with Crippen LogP contribution in [0.5, 0.6) is 5.75 Å². The second-order valence-corrected chi connectivity index (χ2v) is 7.33. The molecule has 158 valence electrons. The number of hydrogen-bond donors (Lipinski definition) is 0. The normalized spacial score (nSPS) is 12.2. The van der Waals surface area contributed by atoms with E-state index in [1.54, 1.807) is 19.1 Å². The Bertz CT molecular complexity index is 1170. The summed E-state index contributed by atoms with van der Waals surface area (Å²) in [5.41, 5.74) is 0.629. The Balaban J connectivity index is 2.10. The SMILES string of the molecule is CCOC(=O)Cn1c(=NC(=O)c2cccc(Cl)c2)sc2cc(OC(F)(F)F)ccc21. The Labute approximate surface area is 177 Å². The molecule has 0 aliphatic carbocycles. The molecule has 0 aliphatic rings. The molecule has 0 saturated carbocycles. The summed E-state index contributed by atoms with van der Waals surface area (Å²) in [7, 11) is 0. The topological polar surface area (TPSA) is 69.9 Å². The first-order valence-corrected chi connectivity index (χ1v) is 9.75. The Morgan fingerprint density at radius 3 is 2.63 bits per heavy atom. The van der Waals surface area contributed by atoms with Crippen molar-refractivity contribution < 1.29 is 32.2 Å². The molecule has 30 heavy (non-hydrogen) atoms. The molecule has 11 heteroatoms. The number of nitrogens with zero attached hydrogens (tertiary/aromatic N) is 2. The van der Waals surface area contributed by atoms with Crippen molar-refractivity contribution in [2.45, 2.75) is 19.8 Å². The smallest absolute Gasteiger partial charge is 0.465 e. The van der Waals surface area contributed by atoms with Crippen LogP contribution >= 0.6 is 22.9 Å². The largest absolute Gasteiger partial charge is 0.573 e. The lowest BCUT2D eigenvalue weighted by molar-refractivity contribution is -0.274. The number of alkyl halides is 3. The van der Waals surface area contributed by atoms with Crippen LogP contribution in [-0.2, 0) is 16.1 Å². The van der Waals surface area contributed by atoms with Crippen molar-refractivity contribution in [1.82, 2.24) is 4.57 Å². The summed E-state index contributed by atoms with van der Waals surface area (Å²) in [6.45, 7) is 1.52. The molecule has 0 saturated heterocycles. The third-order valence-electron chi connectivity index (χ3n) is 3.75. The first-order valence-electron chi connectivity index (χ1n) is 8.55. The number of rotatable bonds is 5. The summed E-state index contributed by atoms with van der Waals surface area (Å²) in [5, 5.41) is 0.348. The van der Waals surface area contributed by atoms with E-state index in [0.29, 0.717) is 15.2 Å². The zero-order chi connectivity index (χ0) is 21.9. The Hall–Kier alpha value is -2.85. The molecule has 0 radical (unpaired) electrons. The first kappa shape index (κ1) is 21.8. The molecule has 1 aromatic heterocycles. The molecule has 0 fully saturated rings. The minimum absolute atomic E-state index is 0.118. The maximum atomic E-state index is 12.5. The van der Waals surface area contributed by atoms with E-state index in [1.807, 2.05) is 0 Å². The van der Waals surface area contributed by atoms with E-state index >= 15 is 0 Å². The number of amides is 1. The highest BCUT2D eigenvalue weighted by atomic mass is 35.5. The molecule has 0 bridgehead atoms. The lowest BCUT2D eigenvalue weighted by Gasteiger charge is -2.09. The van der Waals surface area contributed by atoms with E-state index in [0.717, 1.165) is 23.5 Å². The second kappa shape index (κ2) is 8.88. The van der Waals surface area contributed by atoms with Gasteiger partial charge in [0.2, 0.25) is 0 Å². The van der Waals surface area contributed by atoms with Gasteiger partial charge in [0.15, 0.2) is 4.80 Å². The summed E-state index contributed by atoms with van der Waals surface area (Å²) >= 11 is 6.84. The van der Waals surface area contributed by atoms with Crippen LogP contribution in [0.15, 0.2) is 47.5 Å². The van der Waals surface area contributed by atoms with Crippen LogP contribution in [0.4, 0.5) is 13.2 Å². The molecular weight excluding hydrogens is 445 g/mol. The number of fused-ring (bicyclic) bond motifs is 1. The van der Waals surface area contributed by atoms with Gasteiger partial charge in [0, 0.05) is 10.6 Å². The van der Waals surface area contributed by atoms with Crippen molar-refractivity contribution >= 4 is 45.0 Å². The highest BCUT2D eigenvalue weighted by Gasteiger charge is 2.31. The fourth-order valence-corrected chi connectivity index (χ4v) is 3.84. The van der Waals surface area contributed by atoms with Crippen LogP contribution in [0, 0.1) is 0 Å². The number of carbonyl (C=O) groups is 2. The van der Waals surface area contributed by atoms with Gasteiger partial charge in [-0.3, -0.25) is 9.59 Å². The monoisotopic (exact) mass is 458 g/mol. The predicted molar refractivity (Wildman–Crippen MR) is 104 cm³/mol. The Kier molecular flexibility index (Phi) is 6.47. The fraction of sp³-hybridized carbons (Fsp3) is 0.211. The number of carbonyl (C=O) groups excluding carboxylic acids is 2. The molecule has 1 heterocycles. The molecule has 0 atom stereocenters. The standard InChI is InChI=1S/C19H14ClF3N2O4S/c1-2-28-16(26)10-25-14-7-6-13(29-19(21,22)23)9-15(14)30-18(25)24-17(27)11-4-3-5-12(20)8-11/h3-9H,2,10H2,1H3. The van der Waals surface area contributed by atoms with Crippen LogP contribution in [0.3, 0.4) is 0 Å². The van der Waals surface area contributed by atoms with Crippen LogP contribution in [-0.4, -0.2) is 29.4 Å². The predicted octanol–water partition coefficient (Wildman–Crippen LogP) is 4.56. The van der Waals surface area contributed by atoms with Crippen LogP contribution in [0.25, 0.3) is 10.2 Å². The average Bonchev–Trinajstić information content (AvgIpc) is 2.97. The summed E-state index contributed by atoms with van der Waals surface area (Å²) in [6.07, 6.45) is -4.85. The van der Waals surface area contributed by atoms with E-state index in [1.165, 1.54) is 22.8 Å². The van der Waals surface area contributed by atoms with Gasteiger partial charge in [-0.15, -0.1) is 13.2 Å². The number of aromatic nitrogens is 1. The molecule has 0 aliphatic heterocycles. The van der Waals surface area contributed by atoms with Crippen molar-refractivity contribution in [3.05, 3.63) is 57.9 Å². The van der Waals surface area contributed by atoms with Crippen molar-refractivity contribution in [2.75, 3.05) is 6.61 Å². The summed E-state index contributed by atoms with van der Waals surface area (Å²) in [4.78, 5) is 28.7. The summed E-state index contributed by atoms with van der Waals surface area (Å²) in [6, 6.07) is 9.78. The van der Waals surface area contributed by atoms with E-state index in [-0.39, 0.29) is 23.5 Å². The number of benzene rings is 2. The van der Waals surface area contributed by atoms with Crippen molar-refractivity contribution in [3.63, 3.8) is 0 Å². The van der Waals surface area contributed by atoms with Crippen LogP contribution in [0.2, 0.25) is 5.02 Å². The highest BCUT2D eigenvalue weighted by Crippen LogP contribution is 2.28. The maximum Gasteiger partial charge on any atom is 0.573 e. The second-order valence-electron chi connectivity index (χ2n) is 5.88. The lowest BCUT2D eigenvalue weighted by atomic mass is 10.2. The Morgan fingerprint density at radius 2 is 1.97 bits per heavy atom. The number of thiazole rings is 1. The van der Waals surface area contributed by atoms with Gasteiger partial charge in [-0.1, -0.05) is 29.0 Å². The molecular formula is C19H14ClF3N2O4S. The van der Waals surface area contributed by atoms with E-state index in [2.05, 4.69) is 9.73 Å². The molecule has 3 rings (SSSR count). The summed E-state index contributed by atoms with van der Waals surface area (Å²) in [5.74, 6) is -1.62. The van der Waals surface area contributed by atoms with E-state index in [4.69, 9.17) is 16.3 Å². The number of ether oxygens (including phenoxy) is 2. The van der Waals surface area contributed by atoms with Crippen LogP contribution < -0.4 is 9.54 Å². The molecule has 1 amide bonds. The number of halogens is 4. The number of hydrogen-bond acceptors (Lipinski definition) is 5. The maximum absolute atomic E-state index is 12.5. The van der Waals surface area contributed by atoms with Crippen molar-refractivity contribution in [2.24, 2.45) is 4.99 Å². The zero-order valence-electron chi connectivity index (χ0n) is 15.4. The minimum Gasteiger partial charge on any atom is -0.465 e. The Morgan fingerprint density at radius 1 is 1.20 bits per heavy atom. The molecule has 0 N–H and O–H groups in total. The van der Waals surface area contributed by atoms with Gasteiger partial charge >= 0.3 is 12.3 Å². The summed E-state index contributed by atoms with van der Waals surface area (Å²) < 4.78 is 48.2. The van der Waals surface area contributed by atoms with Gasteiger partial charge in [0.25, 0.3) is 5.91 Å². The molecule has 0 unspecified atom stereocenters. The van der Waals surface area contributed by atoms with Gasteiger partial charge in [-0.05, 0) is 43.3 Å². The molecule has 3 aromatic rings. The van der Waals surface area contributed by atoms with Gasteiger partial charge in [0.1, 0.15) is 12.3 Å². The van der Waals surface area contributed by atoms with Gasteiger partial charge in [0.05, 0.1) is 16.8 Å². The molecule has 2 aromatic carbocycles.